The summed E-state index contributed by atoms with van der Waals surface area (Å²) in [6.45, 7) is 4.95. The number of nitrogens with one attached hydrogen (secondary N) is 2. The first-order valence-electron chi connectivity index (χ1n) is 6.29. The Morgan fingerprint density at radius 1 is 1.32 bits per heavy atom. The van der Waals surface area contributed by atoms with Gasteiger partial charge in [0.25, 0.3) is 0 Å². The number of H-pyrrole nitrogens is 1. The van der Waals surface area contributed by atoms with Crippen LogP contribution in [-0.4, -0.2) is 22.6 Å². The van der Waals surface area contributed by atoms with Gasteiger partial charge < -0.3 is 15.4 Å². The summed E-state index contributed by atoms with van der Waals surface area (Å²) < 4.78 is 0. The molecule has 1 aromatic heterocycles. The molecule has 1 aromatic carbocycles. The Morgan fingerprint density at radius 2 is 2.05 bits per heavy atom. The topological polar surface area (TPSA) is 65.1 Å². The Hall–Kier alpha value is -2.23. The number of hydrogen-bond donors (Lipinski definition) is 3. The second kappa shape index (κ2) is 3.88. The number of carbonyl (C=O) groups is 1. The van der Waals surface area contributed by atoms with Gasteiger partial charge in [-0.2, -0.15) is 0 Å². The summed E-state index contributed by atoms with van der Waals surface area (Å²) in [7, 11) is 0. The number of carboxylic acids is 1. The number of fused-ring (bicyclic) bond motifs is 3. The largest absolute Gasteiger partial charge is 0.478 e. The van der Waals surface area contributed by atoms with Crippen molar-refractivity contribution in [2.75, 3.05) is 6.54 Å². The van der Waals surface area contributed by atoms with Gasteiger partial charge in [-0.3, -0.25) is 0 Å². The van der Waals surface area contributed by atoms with Crippen LogP contribution in [0.25, 0.3) is 16.5 Å². The highest BCUT2D eigenvalue weighted by molar-refractivity contribution is 6.16. The van der Waals surface area contributed by atoms with E-state index >= 15 is 0 Å². The molecule has 0 spiro atoms. The minimum Gasteiger partial charge on any atom is -0.478 e. The summed E-state index contributed by atoms with van der Waals surface area (Å²) in [4.78, 5) is 14.7. The van der Waals surface area contributed by atoms with Crippen LogP contribution in [0.3, 0.4) is 0 Å². The standard InChI is InChI=1S/C15H16N2O2/c1-15(2)8-16-7-10(14(18)19)13-12(15)9-5-3-4-6-11(9)17-13/h3-7,16-17H,8H2,1-2H3,(H,18,19). The van der Waals surface area contributed by atoms with E-state index in [-0.39, 0.29) is 11.0 Å². The number of aromatic nitrogens is 1. The van der Waals surface area contributed by atoms with Gasteiger partial charge >= 0.3 is 5.97 Å². The molecule has 0 bridgehead atoms. The Kier molecular flexibility index (Phi) is 2.42. The molecule has 98 valence electrons. The molecule has 0 amide bonds. The van der Waals surface area contributed by atoms with Crippen molar-refractivity contribution in [2.24, 2.45) is 0 Å². The van der Waals surface area contributed by atoms with Gasteiger partial charge in [0.2, 0.25) is 0 Å². The van der Waals surface area contributed by atoms with E-state index in [0.29, 0.717) is 12.2 Å². The lowest BCUT2D eigenvalue weighted by atomic mass is 9.82. The third-order valence-electron chi connectivity index (χ3n) is 3.67. The van der Waals surface area contributed by atoms with Crippen molar-refractivity contribution >= 4 is 22.4 Å². The third kappa shape index (κ3) is 1.71. The second-order valence-electron chi connectivity index (χ2n) is 5.55. The molecule has 4 nitrogen and oxygen atoms in total. The van der Waals surface area contributed by atoms with Crippen LogP contribution in [0.5, 0.6) is 0 Å². The van der Waals surface area contributed by atoms with Gasteiger partial charge in [-0.25, -0.2) is 4.79 Å². The summed E-state index contributed by atoms with van der Waals surface area (Å²) in [6.07, 6.45) is 1.59. The predicted octanol–water partition coefficient (Wildman–Crippen LogP) is 2.47. The van der Waals surface area contributed by atoms with Gasteiger partial charge in [0.1, 0.15) is 0 Å². The average molecular weight is 256 g/mol. The molecule has 0 radical (unpaired) electrons. The lowest BCUT2D eigenvalue weighted by molar-refractivity contribution is -0.130. The molecule has 0 atom stereocenters. The first kappa shape index (κ1) is 11.8. The molecule has 2 heterocycles. The third-order valence-corrected chi connectivity index (χ3v) is 3.67. The number of benzene rings is 1. The number of rotatable bonds is 1. The quantitative estimate of drug-likeness (QED) is 0.734. The zero-order valence-electron chi connectivity index (χ0n) is 10.9. The fraction of sp³-hybridized carbons (Fsp3) is 0.267. The van der Waals surface area contributed by atoms with Crippen LogP contribution in [0.4, 0.5) is 0 Å². The van der Waals surface area contributed by atoms with E-state index in [9.17, 15) is 9.90 Å². The molecular weight excluding hydrogens is 240 g/mol. The minimum atomic E-state index is -0.919. The van der Waals surface area contributed by atoms with Crippen molar-refractivity contribution in [3.05, 3.63) is 41.7 Å². The SMILES string of the molecule is CC1(C)CNC=C(C(=O)O)c2[nH]c3ccccc3c21. The normalized spacial score (nSPS) is 17.3. The van der Waals surface area contributed by atoms with Crippen molar-refractivity contribution < 1.29 is 9.90 Å². The van der Waals surface area contributed by atoms with Gasteiger partial charge in [-0.1, -0.05) is 32.0 Å². The molecule has 1 aliphatic heterocycles. The van der Waals surface area contributed by atoms with Crippen LogP contribution >= 0.6 is 0 Å². The molecule has 1 aliphatic rings. The highest BCUT2D eigenvalue weighted by Crippen LogP contribution is 2.37. The average Bonchev–Trinajstić information content (AvgIpc) is 2.67. The van der Waals surface area contributed by atoms with E-state index < -0.39 is 5.97 Å². The van der Waals surface area contributed by atoms with Crippen molar-refractivity contribution in [2.45, 2.75) is 19.3 Å². The molecule has 0 aliphatic carbocycles. The molecule has 3 rings (SSSR count). The summed E-state index contributed by atoms with van der Waals surface area (Å²) in [5.41, 5.74) is 2.92. The molecular formula is C15H16N2O2. The monoisotopic (exact) mass is 256 g/mol. The summed E-state index contributed by atoms with van der Waals surface area (Å²) >= 11 is 0. The molecule has 0 unspecified atom stereocenters. The van der Waals surface area contributed by atoms with Crippen LogP contribution < -0.4 is 5.32 Å². The lowest BCUT2D eigenvalue weighted by Crippen LogP contribution is -2.29. The molecule has 2 aromatic rings. The first-order chi connectivity index (χ1) is 9.00. The zero-order chi connectivity index (χ0) is 13.6. The molecule has 4 heteroatoms. The maximum atomic E-state index is 11.4. The van der Waals surface area contributed by atoms with Gasteiger partial charge in [-0.15, -0.1) is 0 Å². The maximum Gasteiger partial charge on any atom is 0.339 e. The van der Waals surface area contributed by atoms with Crippen molar-refractivity contribution in [1.29, 1.82) is 0 Å². The van der Waals surface area contributed by atoms with E-state index in [1.807, 2.05) is 24.3 Å². The van der Waals surface area contributed by atoms with Crippen molar-refractivity contribution in [3.63, 3.8) is 0 Å². The van der Waals surface area contributed by atoms with Gasteiger partial charge in [-0.05, 0) is 11.6 Å². The van der Waals surface area contributed by atoms with Crippen LogP contribution in [0.15, 0.2) is 30.5 Å². The van der Waals surface area contributed by atoms with E-state index in [1.54, 1.807) is 6.20 Å². The van der Waals surface area contributed by atoms with E-state index in [2.05, 4.69) is 24.1 Å². The van der Waals surface area contributed by atoms with Gasteiger partial charge in [0.15, 0.2) is 0 Å². The van der Waals surface area contributed by atoms with E-state index in [0.717, 1.165) is 16.5 Å². The summed E-state index contributed by atoms with van der Waals surface area (Å²) in [5.74, 6) is -0.919. The Labute approximate surface area is 111 Å². The highest BCUT2D eigenvalue weighted by Gasteiger charge is 2.32. The van der Waals surface area contributed by atoms with Crippen molar-refractivity contribution in [1.82, 2.24) is 10.3 Å². The van der Waals surface area contributed by atoms with E-state index in [4.69, 9.17) is 0 Å². The molecule has 0 saturated heterocycles. The Morgan fingerprint density at radius 3 is 2.79 bits per heavy atom. The van der Waals surface area contributed by atoms with Crippen LogP contribution in [0, 0.1) is 0 Å². The number of para-hydroxylation sites is 1. The number of aromatic amines is 1. The van der Waals surface area contributed by atoms with Gasteiger partial charge in [0, 0.05) is 29.1 Å². The van der Waals surface area contributed by atoms with E-state index in [1.165, 1.54) is 0 Å². The van der Waals surface area contributed by atoms with Crippen LogP contribution in [-0.2, 0) is 10.2 Å². The molecule has 19 heavy (non-hydrogen) atoms. The number of aliphatic carboxylic acids is 1. The predicted molar refractivity (Wildman–Crippen MR) is 74.9 cm³/mol. The lowest BCUT2D eigenvalue weighted by Gasteiger charge is -2.24. The Bertz CT molecular complexity index is 695. The number of carboxylic acid groups (broad SMARTS) is 1. The zero-order valence-corrected chi connectivity index (χ0v) is 10.9. The Balaban J connectivity index is 2.39. The van der Waals surface area contributed by atoms with Crippen molar-refractivity contribution in [3.8, 4) is 0 Å². The summed E-state index contributed by atoms with van der Waals surface area (Å²) in [5, 5.41) is 13.6. The first-order valence-corrected chi connectivity index (χ1v) is 6.29. The fourth-order valence-corrected chi connectivity index (χ4v) is 2.78. The number of hydrogen-bond acceptors (Lipinski definition) is 2. The summed E-state index contributed by atoms with van der Waals surface area (Å²) in [6, 6.07) is 7.95. The molecule has 0 fully saturated rings. The van der Waals surface area contributed by atoms with Crippen LogP contribution in [0.2, 0.25) is 0 Å². The molecule has 3 N–H and O–H groups in total. The smallest absolute Gasteiger partial charge is 0.339 e. The second-order valence-corrected chi connectivity index (χ2v) is 5.55. The van der Waals surface area contributed by atoms with Crippen LogP contribution in [0.1, 0.15) is 25.1 Å². The fourth-order valence-electron chi connectivity index (χ4n) is 2.78. The maximum absolute atomic E-state index is 11.4. The highest BCUT2D eigenvalue weighted by atomic mass is 16.4. The molecule has 0 saturated carbocycles. The van der Waals surface area contributed by atoms with Gasteiger partial charge in [0.05, 0.1) is 11.3 Å². The minimum absolute atomic E-state index is 0.136.